The number of carbonyl (C=O) groups excluding carboxylic acids is 1. The van der Waals surface area contributed by atoms with Crippen molar-refractivity contribution in [2.45, 2.75) is 38.2 Å². The van der Waals surface area contributed by atoms with Gasteiger partial charge in [0.2, 0.25) is 0 Å². The van der Waals surface area contributed by atoms with Gasteiger partial charge in [-0.15, -0.1) is 0 Å². The molecule has 1 aliphatic carbocycles. The van der Waals surface area contributed by atoms with Gasteiger partial charge in [-0.3, -0.25) is 4.79 Å². The summed E-state index contributed by atoms with van der Waals surface area (Å²) in [5.41, 5.74) is 2.14. The van der Waals surface area contributed by atoms with Gasteiger partial charge in [0.1, 0.15) is 5.75 Å². The van der Waals surface area contributed by atoms with Crippen LogP contribution in [-0.4, -0.2) is 11.9 Å². The lowest BCUT2D eigenvalue weighted by molar-refractivity contribution is -0.121. The number of benzene rings is 1. The summed E-state index contributed by atoms with van der Waals surface area (Å²) in [7, 11) is 0. The van der Waals surface area contributed by atoms with E-state index in [1.807, 2.05) is 24.3 Å². The molecule has 0 spiro atoms. The number of hydrogen-bond acceptors (Lipinski definition) is 2. The average Bonchev–Trinajstić information content (AvgIpc) is 2.82. The van der Waals surface area contributed by atoms with Crippen LogP contribution in [0.5, 0.6) is 5.75 Å². The Morgan fingerprint density at radius 1 is 1.24 bits per heavy atom. The fourth-order valence-corrected chi connectivity index (χ4v) is 2.60. The number of carbonyl (C=O) groups is 1. The van der Waals surface area contributed by atoms with Gasteiger partial charge in [0.25, 0.3) is 0 Å². The highest BCUT2D eigenvalue weighted by molar-refractivity contribution is 5.99. The summed E-state index contributed by atoms with van der Waals surface area (Å²) in [5, 5.41) is 0. The van der Waals surface area contributed by atoms with E-state index in [0.29, 0.717) is 0 Å². The molecule has 1 heterocycles. The molecular formula is C15H16O2. The molecule has 0 bridgehead atoms. The molecule has 3 rings (SSSR count). The largest absolute Gasteiger partial charge is 0.482 e. The monoisotopic (exact) mass is 228 g/mol. The predicted molar refractivity (Wildman–Crippen MR) is 66.1 cm³/mol. The molecule has 0 radical (unpaired) electrons. The Morgan fingerprint density at radius 2 is 2.12 bits per heavy atom. The van der Waals surface area contributed by atoms with Crippen LogP contribution in [0.2, 0.25) is 0 Å². The van der Waals surface area contributed by atoms with Gasteiger partial charge in [-0.25, -0.2) is 0 Å². The van der Waals surface area contributed by atoms with Gasteiger partial charge in [0.05, 0.1) is 0 Å². The quantitative estimate of drug-likeness (QED) is 0.777. The van der Waals surface area contributed by atoms with E-state index in [1.54, 1.807) is 0 Å². The molecule has 1 aromatic carbocycles. The first-order chi connectivity index (χ1) is 8.34. The summed E-state index contributed by atoms with van der Waals surface area (Å²) in [6.45, 7) is 0. The Bertz CT molecular complexity index is 449. The Balaban J connectivity index is 1.76. The van der Waals surface area contributed by atoms with Crippen LogP contribution in [0, 0.1) is 0 Å². The molecule has 1 aromatic rings. The second kappa shape index (κ2) is 4.36. The zero-order valence-electron chi connectivity index (χ0n) is 9.82. The molecule has 2 heteroatoms. The Hall–Kier alpha value is -1.57. The number of fused-ring (bicyclic) bond motifs is 1. The van der Waals surface area contributed by atoms with E-state index in [2.05, 4.69) is 6.08 Å². The first-order valence-electron chi connectivity index (χ1n) is 6.32. The van der Waals surface area contributed by atoms with Crippen molar-refractivity contribution in [1.29, 1.82) is 0 Å². The number of Topliss-reactive ketones (excluding diaryl/α,β-unsaturated/α-hetero) is 1. The van der Waals surface area contributed by atoms with Crippen LogP contribution in [0.15, 0.2) is 35.9 Å². The minimum atomic E-state index is -0.281. The van der Waals surface area contributed by atoms with Crippen LogP contribution in [0.1, 0.15) is 31.2 Å². The highest BCUT2D eigenvalue weighted by Gasteiger charge is 2.30. The summed E-state index contributed by atoms with van der Waals surface area (Å²) in [4.78, 5) is 12.3. The van der Waals surface area contributed by atoms with E-state index in [1.165, 1.54) is 6.42 Å². The third-order valence-electron chi connectivity index (χ3n) is 3.55. The lowest BCUT2D eigenvalue weighted by Gasteiger charge is -2.15. The minimum Gasteiger partial charge on any atom is -0.482 e. The molecule has 2 nitrogen and oxygen atoms in total. The summed E-state index contributed by atoms with van der Waals surface area (Å²) in [6.07, 6.45) is 6.86. The van der Waals surface area contributed by atoms with Gasteiger partial charge < -0.3 is 4.74 Å². The van der Waals surface area contributed by atoms with Crippen molar-refractivity contribution in [3.8, 4) is 5.75 Å². The number of para-hydroxylation sites is 1. The fourth-order valence-electron chi connectivity index (χ4n) is 2.60. The molecule has 88 valence electrons. The highest BCUT2D eigenvalue weighted by atomic mass is 16.5. The van der Waals surface area contributed by atoms with Gasteiger partial charge in [0, 0.05) is 6.42 Å². The molecule has 1 aliphatic heterocycles. The molecule has 0 N–H and O–H groups in total. The molecule has 17 heavy (non-hydrogen) atoms. The number of rotatable bonds is 2. The van der Waals surface area contributed by atoms with Crippen LogP contribution in [0.25, 0.3) is 0 Å². The second-order valence-electron chi connectivity index (χ2n) is 4.76. The Kier molecular flexibility index (Phi) is 2.71. The Labute approximate surface area is 101 Å². The van der Waals surface area contributed by atoms with Crippen molar-refractivity contribution >= 4 is 5.78 Å². The topological polar surface area (TPSA) is 26.3 Å². The van der Waals surface area contributed by atoms with E-state index in [9.17, 15) is 4.79 Å². The summed E-state index contributed by atoms with van der Waals surface area (Å²) < 4.78 is 5.73. The van der Waals surface area contributed by atoms with Crippen LogP contribution in [0.3, 0.4) is 0 Å². The average molecular weight is 228 g/mol. The predicted octanol–water partition coefficient (Wildman–Crippen LogP) is 3.06. The SMILES string of the molecule is O=C(C1=CCCCC1)C1Cc2ccccc2O1. The maximum atomic E-state index is 12.3. The Morgan fingerprint density at radius 3 is 2.88 bits per heavy atom. The zero-order valence-corrected chi connectivity index (χ0v) is 9.82. The van der Waals surface area contributed by atoms with Crippen LogP contribution in [-0.2, 0) is 11.2 Å². The van der Waals surface area contributed by atoms with Crippen molar-refractivity contribution in [2.75, 3.05) is 0 Å². The first-order valence-corrected chi connectivity index (χ1v) is 6.32. The van der Waals surface area contributed by atoms with Gasteiger partial charge in [-0.05, 0) is 42.9 Å². The van der Waals surface area contributed by atoms with Crippen molar-refractivity contribution < 1.29 is 9.53 Å². The maximum Gasteiger partial charge on any atom is 0.199 e. The molecule has 0 saturated carbocycles. The summed E-state index contributed by atoms with van der Waals surface area (Å²) >= 11 is 0. The van der Waals surface area contributed by atoms with E-state index in [4.69, 9.17) is 4.74 Å². The van der Waals surface area contributed by atoms with Gasteiger partial charge >= 0.3 is 0 Å². The molecule has 1 atom stereocenters. The first kappa shape index (κ1) is 10.6. The van der Waals surface area contributed by atoms with E-state index in [0.717, 1.165) is 42.6 Å². The normalized spacial score (nSPS) is 22.6. The summed E-state index contributed by atoms with van der Waals surface area (Å²) in [6, 6.07) is 7.93. The van der Waals surface area contributed by atoms with Crippen molar-refractivity contribution in [1.82, 2.24) is 0 Å². The molecule has 0 saturated heterocycles. The van der Waals surface area contributed by atoms with Crippen LogP contribution < -0.4 is 4.74 Å². The number of ether oxygens (including phenoxy) is 1. The van der Waals surface area contributed by atoms with E-state index < -0.39 is 0 Å². The lowest BCUT2D eigenvalue weighted by Crippen LogP contribution is -2.27. The highest BCUT2D eigenvalue weighted by Crippen LogP contribution is 2.31. The maximum absolute atomic E-state index is 12.3. The molecule has 0 amide bonds. The van der Waals surface area contributed by atoms with Crippen LogP contribution in [0.4, 0.5) is 0 Å². The van der Waals surface area contributed by atoms with Crippen molar-refractivity contribution in [3.63, 3.8) is 0 Å². The third kappa shape index (κ3) is 1.99. The number of ketones is 1. The standard InChI is InChI=1S/C15H16O2/c16-15(11-6-2-1-3-7-11)14-10-12-8-4-5-9-13(12)17-14/h4-6,8-9,14H,1-3,7,10H2. The summed E-state index contributed by atoms with van der Waals surface area (Å²) in [5.74, 6) is 1.07. The lowest BCUT2D eigenvalue weighted by atomic mass is 9.93. The smallest absolute Gasteiger partial charge is 0.199 e. The van der Waals surface area contributed by atoms with Gasteiger partial charge in [-0.1, -0.05) is 24.3 Å². The third-order valence-corrected chi connectivity index (χ3v) is 3.55. The number of allylic oxidation sites excluding steroid dienone is 1. The zero-order chi connectivity index (χ0) is 11.7. The second-order valence-corrected chi connectivity index (χ2v) is 4.76. The van der Waals surface area contributed by atoms with Gasteiger partial charge in [-0.2, -0.15) is 0 Å². The van der Waals surface area contributed by atoms with E-state index in [-0.39, 0.29) is 11.9 Å². The van der Waals surface area contributed by atoms with E-state index >= 15 is 0 Å². The van der Waals surface area contributed by atoms with Crippen LogP contribution >= 0.6 is 0 Å². The fraction of sp³-hybridized carbons (Fsp3) is 0.400. The minimum absolute atomic E-state index is 0.195. The molecular weight excluding hydrogens is 212 g/mol. The van der Waals surface area contributed by atoms with Crippen molar-refractivity contribution in [2.24, 2.45) is 0 Å². The van der Waals surface area contributed by atoms with Crippen molar-refractivity contribution in [3.05, 3.63) is 41.5 Å². The van der Waals surface area contributed by atoms with Gasteiger partial charge in [0.15, 0.2) is 11.9 Å². The molecule has 0 aromatic heterocycles. The number of hydrogen-bond donors (Lipinski definition) is 0. The molecule has 1 unspecified atom stereocenters. The molecule has 0 fully saturated rings. The molecule has 2 aliphatic rings.